The zero-order chi connectivity index (χ0) is 46.3. The van der Waals surface area contributed by atoms with E-state index in [4.69, 9.17) is 0 Å². The van der Waals surface area contributed by atoms with Crippen molar-refractivity contribution in [3.63, 3.8) is 0 Å². The fourth-order valence-corrected chi connectivity index (χ4v) is 13.1. The molecule has 0 fully saturated rings. The summed E-state index contributed by atoms with van der Waals surface area (Å²) in [4.78, 5) is 2.65. The Morgan fingerprint density at radius 3 is 1.31 bits per heavy atom. The lowest BCUT2D eigenvalue weighted by atomic mass is 9.62. The van der Waals surface area contributed by atoms with Crippen LogP contribution in [0.15, 0.2) is 170 Å². The van der Waals surface area contributed by atoms with E-state index in [-0.39, 0.29) is 21.7 Å². The fraction of sp³-hybridized carbons (Fsp3) is 0.273. The van der Waals surface area contributed by atoms with Crippen molar-refractivity contribution in [1.29, 1.82) is 0 Å². The molecule has 0 radical (unpaired) electrons. The van der Waals surface area contributed by atoms with E-state index in [0.717, 1.165) is 12.1 Å². The van der Waals surface area contributed by atoms with Crippen molar-refractivity contribution in [2.75, 3.05) is 4.90 Å². The second-order valence-corrected chi connectivity index (χ2v) is 23.0. The second-order valence-electron chi connectivity index (χ2n) is 23.0. The molecule has 0 heterocycles. The van der Waals surface area contributed by atoms with Crippen LogP contribution >= 0.6 is 0 Å². The Bertz CT molecular complexity index is 3260. The van der Waals surface area contributed by atoms with Gasteiger partial charge in [-0.05, 0) is 174 Å². The maximum atomic E-state index is 2.65. The molecule has 67 heavy (non-hydrogen) atoms. The average molecular weight is 870 g/mol. The Labute approximate surface area is 399 Å². The lowest BCUT2D eigenvalue weighted by molar-refractivity contribution is 0.332. The Morgan fingerprint density at radius 1 is 0.313 bits per heavy atom. The van der Waals surface area contributed by atoms with Gasteiger partial charge in [0.2, 0.25) is 0 Å². The lowest BCUT2D eigenvalue weighted by Crippen LogP contribution is -2.34. The quantitative estimate of drug-likeness (QED) is 0.167. The summed E-state index contributed by atoms with van der Waals surface area (Å²) in [5.74, 6) is 0. The minimum Gasteiger partial charge on any atom is -0.310 e. The molecule has 1 nitrogen and oxygen atoms in total. The molecule has 0 saturated heterocycles. The molecule has 0 aliphatic heterocycles. The van der Waals surface area contributed by atoms with E-state index in [0.29, 0.717) is 0 Å². The molecular weight excluding hydrogens is 807 g/mol. The molecule has 1 spiro atoms. The van der Waals surface area contributed by atoms with Gasteiger partial charge < -0.3 is 4.90 Å². The first-order valence-electron chi connectivity index (χ1n) is 24.8. The maximum Gasteiger partial charge on any atom is 0.0726 e. The van der Waals surface area contributed by atoms with Crippen LogP contribution in [0.4, 0.5) is 17.1 Å². The maximum absolute atomic E-state index is 2.65. The summed E-state index contributed by atoms with van der Waals surface area (Å²) in [5.41, 5.74) is 26.4. The Balaban J connectivity index is 1.21. The highest BCUT2D eigenvalue weighted by Gasteiger charge is 2.52. The molecule has 0 unspecified atom stereocenters. The summed E-state index contributed by atoms with van der Waals surface area (Å²) >= 11 is 0. The minimum atomic E-state index is -0.478. The van der Waals surface area contributed by atoms with Crippen molar-refractivity contribution in [3.8, 4) is 44.5 Å². The Hall–Kier alpha value is -6.44. The highest BCUT2D eigenvalue weighted by molar-refractivity contribution is 6.00. The first-order valence-corrected chi connectivity index (χ1v) is 24.8. The van der Waals surface area contributed by atoms with E-state index in [1.807, 2.05) is 0 Å². The highest BCUT2D eigenvalue weighted by Crippen LogP contribution is 2.64. The van der Waals surface area contributed by atoms with Crippen molar-refractivity contribution in [2.45, 2.75) is 115 Å². The van der Waals surface area contributed by atoms with Crippen LogP contribution in [0.3, 0.4) is 0 Å². The second kappa shape index (κ2) is 14.5. The smallest absolute Gasteiger partial charge is 0.0726 e. The monoisotopic (exact) mass is 869 g/mol. The summed E-state index contributed by atoms with van der Waals surface area (Å²) in [6.07, 6.45) is 4.70. The largest absolute Gasteiger partial charge is 0.310 e. The molecule has 8 aromatic rings. The number of aryl methyl sites for hydroxylation is 1. The highest BCUT2D eigenvalue weighted by atomic mass is 15.1. The molecule has 0 saturated carbocycles. The molecular formula is C66H63N. The number of benzene rings is 8. The average Bonchev–Trinajstić information content (AvgIpc) is 3.79. The van der Waals surface area contributed by atoms with Crippen molar-refractivity contribution in [3.05, 3.63) is 220 Å². The zero-order valence-electron chi connectivity index (χ0n) is 40.9. The van der Waals surface area contributed by atoms with Crippen LogP contribution in [0, 0.1) is 6.92 Å². The first kappa shape index (κ1) is 42.0. The van der Waals surface area contributed by atoms with Crippen molar-refractivity contribution >= 4 is 17.1 Å². The minimum absolute atomic E-state index is 0.0384. The van der Waals surface area contributed by atoms with E-state index in [2.05, 4.69) is 237 Å². The summed E-state index contributed by atoms with van der Waals surface area (Å²) in [7, 11) is 0. The molecule has 4 aliphatic carbocycles. The van der Waals surface area contributed by atoms with Gasteiger partial charge in [-0.25, -0.2) is 0 Å². The topological polar surface area (TPSA) is 3.24 Å². The molecule has 0 bridgehead atoms. The number of rotatable bonds is 5. The number of anilines is 3. The van der Waals surface area contributed by atoms with Gasteiger partial charge in [-0.2, -0.15) is 0 Å². The fourth-order valence-electron chi connectivity index (χ4n) is 13.1. The van der Waals surface area contributed by atoms with E-state index < -0.39 is 5.41 Å². The van der Waals surface area contributed by atoms with Crippen LogP contribution in [0.1, 0.15) is 131 Å². The predicted molar refractivity (Wildman–Crippen MR) is 284 cm³/mol. The van der Waals surface area contributed by atoms with Gasteiger partial charge in [-0.15, -0.1) is 0 Å². The van der Waals surface area contributed by atoms with Crippen LogP contribution < -0.4 is 4.90 Å². The van der Waals surface area contributed by atoms with Gasteiger partial charge in [0.05, 0.1) is 11.1 Å². The molecule has 4 aliphatic rings. The van der Waals surface area contributed by atoms with E-state index in [1.54, 1.807) is 0 Å². The van der Waals surface area contributed by atoms with E-state index >= 15 is 0 Å². The van der Waals surface area contributed by atoms with Gasteiger partial charge in [0.1, 0.15) is 0 Å². The SMILES string of the molecule is Cc1cc2c(cc1N(c1ccc(-c3ccccc3)cc1)c1cc3c(cc1-c1ccc4c(c1)C(C)(C)CCC4(C)C)-c1ccccc1C31c3ccccc3-c3ccccc31)C(C)(C)CCC2(C)C. The zero-order valence-corrected chi connectivity index (χ0v) is 40.9. The molecule has 0 N–H and O–H groups in total. The lowest BCUT2D eigenvalue weighted by Gasteiger charge is -2.43. The predicted octanol–water partition coefficient (Wildman–Crippen LogP) is 17.8. The Kier molecular flexibility index (Phi) is 9.10. The van der Waals surface area contributed by atoms with Crippen LogP contribution in [0.5, 0.6) is 0 Å². The normalized spacial score (nSPS) is 18.0. The molecule has 0 aromatic heterocycles. The van der Waals surface area contributed by atoms with Crippen LogP contribution in [-0.4, -0.2) is 0 Å². The summed E-state index contributed by atoms with van der Waals surface area (Å²) < 4.78 is 0. The van der Waals surface area contributed by atoms with Crippen molar-refractivity contribution in [2.24, 2.45) is 0 Å². The van der Waals surface area contributed by atoms with Gasteiger partial charge in [0.25, 0.3) is 0 Å². The number of nitrogens with zero attached hydrogens (tertiary/aromatic N) is 1. The van der Waals surface area contributed by atoms with Gasteiger partial charge in [-0.1, -0.05) is 195 Å². The van der Waals surface area contributed by atoms with Gasteiger partial charge >= 0.3 is 0 Å². The van der Waals surface area contributed by atoms with Gasteiger partial charge in [-0.3, -0.25) is 0 Å². The number of hydrogen-bond acceptors (Lipinski definition) is 1. The van der Waals surface area contributed by atoms with Crippen molar-refractivity contribution < 1.29 is 0 Å². The summed E-state index contributed by atoms with van der Waals surface area (Å²) in [6.45, 7) is 22.0. The number of hydrogen-bond donors (Lipinski definition) is 0. The third-order valence-corrected chi connectivity index (χ3v) is 17.2. The molecule has 8 aromatic carbocycles. The molecule has 0 amide bonds. The Morgan fingerprint density at radius 2 is 0.746 bits per heavy atom. The summed E-state index contributed by atoms with van der Waals surface area (Å²) in [6, 6.07) is 65.8. The van der Waals surface area contributed by atoms with Crippen molar-refractivity contribution in [1.82, 2.24) is 0 Å². The van der Waals surface area contributed by atoms with Crippen LogP contribution in [0.2, 0.25) is 0 Å². The first-order chi connectivity index (χ1) is 32.1. The molecule has 12 rings (SSSR count). The summed E-state index contributed by atoms with van der Waals surface area (Å²) in [5, 5.41) is 0. The third-order valence-electron chi connectivity index (χ3n) is 17.2. The molecule has 0 atom stereocenters. The standard InChI is InChI=1S/C66H63N/c1-42-37-57-59(65(8,9)36-35-63(57,4)5)41-60(42)67(46-30-27-44(28-31-46)43-19-11-10-12-20-43)61-40-56-51(39-50(61)45-29-32-55-58(38-45)64(6,7)34-33-62(55,2)3)49-23-15-18-26-54(49)66(56)52-24-16-13-21-47(52)48-22-14-17-25-53(48)66/h10-32,37-41H,33-36H2,1-9H3. The van der Waals surface area contributed by atoms with E-state index in [1.165, 1.54) is 125 Å². The van der Waals surface area contributed by atoms with Gasteiger partial charge in [0, 0.05) is 16.9 Å². The third kappa shape index (κ3) is 6.12. The van der Waals surface area contributed by atoms with Gasteiger partial charge in [0.15, 0.2) is 0 Å². The van der Waals surface area contributed by atoms with Crippen LogP contribution in [0.25, 0.3) is 44.5 Å². The molecule has 1 heteroatoms. The molecule has 332 valence electrons. The van der Waals surface area contributed by atoms with Crippen LogP contribution in [-0.2, 0) is 27.1 Å². The van der Waals surface area contributed by atoms with E-state index in [9.17, 15) is 0 Å². The number of fused-ring (bicyclic) bond motifs is 12.